The van der Waals surface area contributed by atoms with Crippen LogP contribution in [-0.4, -0.2) is 46.0 Å². The van der Waals surface area contributed by atoms with Gasteiger partial charge in [-0.3, -0.25) is 4.79 Å². The van der Waals surface area contributed by atoms with Gasteiger partial charge in [-0.1, -0.05) is 6.07 Å². The summed E-state index contributed by atoms with van der Waals surface area (Å²) in [5.41, 5.74) is 1.11. The molecular weight excluding hydrogens is 322 g/mol. The van der Waals surface area contributed by atoms with Crippen molar-refractivity contribution in [3.8, 4) is 5.82 Å². The summed E-state index contributed by atoms with van der Waals surface area (Å²) >= 11 is 0. The van der Waals surface area contributed by atoms with Gasteiger partial charge in [0.2, 0.25) is 5.91 Å². The van der Waals surface area contributed by atoms with E-state index in [4.69, 9.17) is 14.5 Å². The predicted molar refractivity (Wildman–Crippen MR) is 90.5 cm³/mol. The van der Waals surface area contributed by atoms with Crippen LogP contribution in [0.15, 0.2) is 36.7 Å². The predicted octanol–water partition coefficient (Wildman–Crippen LogP) is 1.65. The van der Waals surface area contributed by atoms with E-state index in [0.29, 0.717) is 24.8 Å². The Morgan fingerprint density at radius 3 is 2.88 bits per heavy atom. The molecule has 8 heteroatoms. The molecular formula is C17H17N5O3. The van der Waals surface area contributed by atoms with Crippen LogP contribution in [0.1, 0.15) is 12.6 Å². The molecule has 25 heavy (non-hydrogen) atoms. The highest BCUT2D eigenvalue weighted by Crippen LogP contribution is 2.32. The molecule has 0 unspecified atom stereocenters. The molecule has 0 aliphatic carbocycles. The molecule has 4 rings (SSSR count). The normalized spacial score (nSPS) is 15.8. The molecule has 0 aromatic carbocycles. The van der Waals surface area contributed by atoms with Crippen LogP contribution < -0.4 is 5.32 Å². The number of amides is 1. The monoisotopic (exact) mass is 339 g/mol. The first-order valence-electron chi connectivity index (χ1n) is 7.83. The van der Waals surface area contributed by atoms with Crippen LogP contribution in [0.25, 0.3) is 16.7 Å². The first-order chi connectivity index (χ1) is 12.1. The Labute approximate surface area is 143 Å². The van der Waals surface area contributed by atoms with E-state index in [2.05, 4.69) is 15.4 Å². The molecule has 1 fully saturated rings. The molecule has 0 atom stereocenters. The molecule has 1 saturated heterocycles. The molecule has 128 valence electrons. The SMILES string of the molecule is COC1(c2cccc(-n3ncc4cnc(NC(C)=O)cc43)n2)COC1. The number of carbonyl (C=O) groups is 1. The molecule has 8 nitrogen and oxygen atoms in total. The third-order valence-corrected chi connectivity index (χ3v) is 4.24. The zero-order chi connectivity index (χ0) is 17.4. The summed E-state index contributed by atoms with van der Waals surface area (Å²) in [5.74, 6) is 0.958. The number of hydrogen-bond donors (Lipinski definition) is 1. The Kier molecular flexibility index (Phi) is 3.70. The number of rotatable bonds is 4. The second-order valence-electron chi connectivity index (χ2n) is 5.94. The summed E-state index contributed by atoms with van der Waals surface area (Å²) in [6, 6.07) is 7.49. The highest BCUT2D eigenvalue weighted by molar-refractivity contribution is 5.90. The average Bonchev–Trinajstić information content (AvgIpc) is 2.97. The van der Waals surface area contributed by atoms with Crippen molar-refractivity contribution in [3.05, 3.63) is 42.4 Å². The number of fused-ring (bicyclic) bond motifs is 1. The van der Waals surface area contributed by atoms with Crippen molar-refractivity contribution in [2.45, 2.75) is 12.5 Å². The second-order valence-corrected chi connectivity index (χ2v) is 5.94. The van der Waals surface area contributed by atoms with Gasteiger partial charge < -0.3 is 14.8 Å². The molecule has 1 aliphatic heterocycles. The number of nitrogens with one attached hydrogen (secondary N) is 1. The number of methoxy groups -OCH3 is 1. The molecule has 3 aromatic rings. The number of hydrogen-bond acceptors (Lipinski definition) is 6. The van der Waals surface area contributed by atoms with E-state index in [9.17, 15) is 4.79 Å². The van der Waals surface area contributed by atoms with E-state index >= 15 is 0 Å². The number of anilines is 1. The topological polar surface area (TPSA) is 91.2 Å². The first-order valence-corrected chi connectivity index (χ1v) is 7.83. The molecule has 1 aliphatic rings. The van der Waals surface area contributed by atoms with Crippen molar-refractivity contribution < 1.29 is 14.3 Å². The summed E-state index contributed by atoms with van der Waals surface area (Å²) < 4.78 is 12.6. The number of aromatic nitrogens is 4. The Morgan fingerprint density at radius 2 is 2.20 bits per heavy atom. The van der Waals surface area contributed by atoms with Gasteiger partial charge in [0.1, 0.15) is 5.82 Å². The van der Waals surface area contributed by atoms with Crippen molar-refractivity contribution in [2.75, 3.05) is 25.6 Å². The summed E-state index contributed by atoms with van der Waals surface area (Å²) in [4.78, 5) is 20.2. The maximum Gasteiger partial charge on any atom is 0.222 e. The van der Waals surface area contributed by atoms with Crippen molar-refractivity contribution in [3.63, 3.8) is 0 Å². The molecule has 0 radical (unpaired) electrons. The van der Waals surface area contributed by atoms with E-state index < -0.39 is 5.60 Å². The first kappa shape index (κ1) is 15.7. The Bertz CT molecular complexity index is 943. The molecule has 1 N–H and O–H groups in total. The number of ether oxygens (including phenoxy) is 2. The minimum Gasteiger partial charge on any atom is -0.374 e. The maximum atomic E-state index is 11.3. The third kappa shape index (κ3) is 2.65. The molecule has 0 bridgehead atoms. The van der Waals surface area contributed by atoms with Gasteiger partial charge in [0, 0.05) is 31.7 Å². The highest BCUT2D eigenvalue weighted by Gasteiger charge is 2.42. The van der Waals surface area contributed by atoms with Crippen LogP contribution in [0.3, 0.4) is 0 Å². The Balaban J connectivity index is 1.78. The maximum absolute atomic E-state index is 11.3. The quantitative estimate of drug-likeness (QED) is 0.777. The summed E-state index contributed by atoms with van der Waals surface area (Å²) in [7, 11) is 1.66. The average molecular weight is 339 g/mol. The minimum atomic E-state index is -0.498. The van der Waals surface area contributed by atoms with Gasteiger partial charge in [0.05, 0.1) is 30.6 Å². The van der Waals surface area contributed by atoms with Crippen molar-refractivity contribution in [1.82, 2.24) is 19.7 Å². The van der Waals surface area contributed by atoms with Crippen LogP contribution in [0.4, 0.5) is 5.82 Å². The lowest BCUT2D eigenvalue weighted by Crippen LogP contribution is -2.49. The van der Waals surface area contributed by atoms with E-state index in [-0.39, 0.29) is 5.91 Å². The van der Waals surface area contributed by atoms with Crippen LogP contribution in [-0.2, 0) is 19.9 Å². The second kappa shape index (κ2) is 5.91. The van der Waals surface area contributed by atoms with Gasteiger partial charge in [-0.25, -0.2) is 14.6 Å². The Morgan fingerprint density at radius 1 is 1.36 bits per heavy atom. The van der Waals surface area contributed by atoms with Gasteiger partial charge >= 0.3 is 0 Å². The van der Waals surface area contributed by atoms with Crippen molar-refractivity contribution in [1.29, 1.82) is 0 Å². The van der Waals surface area contributed by atoms with Gasteiger partial charge in [-0.2, -0.15) is 5.10 Å². The third-order valence-electron chi connectivity index (χ3n) is 4.24. The molecule has 1 amide bonds. The van der Waals surface area contributed by atoms with Gasteiger partial charge in [-0.05, 0) is 12.1 Å². The summed E-state index contributed by atoms with van der Waals surface area (Å²) in [5, 5.41) is 7.94. The van der Waals surface area contributed by atoms with E-state index in [0.717, 1.165) is 16.6 Å². The fourth-order valence-corrected chi connectivity index (χ4v) is 2.80. The summed E-state index contributed by atoms with van der Waals surface area (Å²) in [6.07, 6.45) is 3.39. The Hall–Kier alpha value is -2.84. The lowest BCUT2D eigenvalue weighted by atomic mass is 9.97. The van der Waals surface area contributed by atoms with Gasteiger partial charge in [-0.15, -0.1) is 0 Å². The van der Waals surface area contributed by atoms with Gasteiger partial charge in [0.25, 0.3) is 0 Å². The molecule has 4 heterocycles. The lowest BCUT2D eigenvalue weighted by Gasteiger charge is -2.39. The zero-order valence-electron chi connectivity index (χ0n) is 13.9. The highest BCUT2D eigenvalue weighted by atomic mass is 16.6. The fraction of sp³-hybridized carbons (Fsp3) is 0.294. The van der Waals surface area contributed by atoms with Crippen molar-refractivity contribution >= 4 is 22.6 Å². The van der Waals surface area contributed by atoms with Crippen LogP contribution in [0.2, 0.25) is 0 Å². The van der Waals surface area contributed by atoms with E-state index in [1.165, 1.54) is 6.92 Å². The number of nitrogens with zero attached hydrogens (tertiary/aromatic N) is 4. The molecule has 0 saturated carbocycles. The lowest BCUT2D eigenvalue weighted by molar-refractivity contribution is -0.204. The zero-order valence-corrected chi connectivity index (χ0v) is 13.9. The van der Waals surface area contributed by atoms with Crippen LogP contribution >= 0.6 is 0 Å². The van der Waals surface area contributed by atoms with Crippen molar-refractivity contribution in [2.24, 2.45) is 0 Å². The smallest absolute Gasteiger partial charge is 0.222 e. The standard InChI is InChI=1S/C17H17N5O3/c1-11(23)20-15-6-13-12(7-18-15)8-19-22(13)16-5-3-4-14(21-16)17(24-2)9-25-10-17/h3-8H,9-10H2,1-2H3,(H,18,20,23). The van der Waals surface area contributed by atoms with Crippen LogP contribution in [0.5, 0.6) is 0 Å². The number of carbonyl (C=O) groups excluding carboxylic acids is 1. The number of pyridine rings is 2. The molecule has 3 aromatic heterocycles. The van der Waals surface area contributed by atoms with E-state index in [1.807, 2.05) is 18.2 Å². The van der Waals surface area contributed by atoms with E-state index in [1.54, 1.807) is 30.3 Å². The van der Waals surface area contributed by atoms with Gasteiger partial charge in [0.15, 0.2) is 11.4 Å². The molecule has 0 spiro atoms. The fourth-order valence-electron chi connectivity index (χ4n) is 2.80. The summed E-state index contributed by atoms with van der Waals surface area (Å²) in [6.45, 7) is 2.41. The largest absolute Gasteiger partial charge is 0.374 e. The minimum absolute atomic E-state index is 0.176. The van der Waals surface area contributed by atoms with Crippen LogP contribution in [0, 0.1) is 0 Å².